The normalized spacial score (nSPS) is 12.8. The van der Waals surface area contributed by atoms with Crippen LogP contribution in [0.5, 0.6) is 0 Å². The third-order valence-electron chi connectivity index (χ3n) is 2.44. The maximum atomic E-state index is 13.2. The highest BCUT2D eigenvalue weighted by Gasteiger charge is 2.19. The van der Waals surface area contributed by atoms with Crippen LogP contribution >= 0.6 is 38.9 Å². The van der Waals surface area contributed by atoms with E-state index in [0.29, 0.717) is 5.56 Å². The van der Waals surface area contributed by atoms with Crippen molar-refractivity contribution in [1.82, 2.24) is 0 Å². The molecule has 0 amide bonds. The van der Waals surface area contributed by atoms with E-state index >= 15 is 0 Å². The number of alkyl halides is 1. The first kappa shape index (κ1) is 13.0. The lowest BCUT2D eigenvalue weighted by atomic mass is 10.1. The van der Waals surface area contributed by atoms with Crippen LogP contribution in [0.15, 0.2) is 23.6 Å². The van der Waals surface area contributed by atoms with E-state index < -0.39 is 11.6 Å². The predicted molar refractivity (Wildman–Crippen MR) is 71.2 cm³/mol. The molecule has 0 N–H and O–H groups in total. The van der Waals surface area contributed by atoms with Crippen LogP contribution in [0.1, 0.15) is 20.8 Å². The van der Waals surface area contributed by atoms with E-state index in [2.05, 4.69) is 15.9 Å². The van der Waals surface area contributed by atoms with Crippen molar-refractivity contribution in [3.05, 3.63) is 56.2 Å². The van der Waals surface area contributed by atoms with Crippen LogP contribution in [-0.2, 0) is 0 Å². The van der Waals surface area contributed by atoms with E-state index in [4.69, 9.17) is 11.6 Å². The molecule has 2 rings (SSSR count). The monoisotopic (exact) mass is 336 g/mol. The number of hydrogen-bond donors (Lipinski definition) is 0. The summed E-state index contributed by atoms with van der Waals surface area (Å²) in [4.78, 5) is 0.822. The zero-order valence-corrected chi connectivity index (χ0v) is 12.0. The molecule has 0 fully saturated rings. The van der Waals surface area contributed by atoms with Crippen LogP contribution < -0.4 is 0 Å². The van der Waals surface area contributed by atoms with Gasteiger partial charge in [0.2, 0.25) is 0 Å². The van der Waals surface area contributed by atoms with Crippen LogP contribution in [0.3, 0.4) is 0 Å². The maximum absolute atomic E-state index is 13.2. The zero-order chi connectivity index (χ0) is 12.6. The third kappa shape index (κ3) is 2.54. The first-order valence-electron chi connectivity index (χ1n) is 4.83. The largest absolute Gasteiger partial charge is 0.204 e. The molecule has 0 bridgehead atoms. The van der Waals surface area contributed by atoms with Crippen LogP contribution in [0.4, 0.5) is 8.78 Å². The predicted octanol–water partition coefficient (Wildman–Crippen LogP) is 5.47. The standard InChI is InChI=1S/C12H8BrClF2S/c1-6-2-3-17-12(6)11(13)7-4-9(15)10(16)5-8(7)14/h2-5,11H,1H3. The first-order chi connectivity index (χ1) is 8.00. The summed E-state index contributed by atoms with van der Waals surface area (Å²) < 4.78 is 26.2. The van der Waals surface area contributed by atoms with Crippen molar-refractivity contribution in [3.8, 4) is 0 Å². The minimum absolute atomic E-state index is 0.218. The minimum atomic E-state index is -0.929. The number of rotatable bonds is 2. The van der Waals surface area contributed by atoms with Gasteiger partial charge < -0.3 is 0 Å². The molecule has 1 aromatic carbocycles. The lowest BCUT2D eigenvalue weighted by Gasteiger charge is -2.12. The summed E-state index contributed by atoms with van der Waals surface area (Å²) in [5.74, 6) is -1.82. The van der Waals surface area contributed by atoms with Gasteiger partial charge in [-0.2, -0.15) is 0 Å². The summed E-state index contributed by atoms with van der Waals surface area (Å²) in [5, 5.41) is 2.17. The molecule has 1 atom stereocenters. The van der Waals surface area contributed by atoms with Crippen molar-refractivity contribution in [3.63, 3.8) is 0 Å². The van der Waals surface area contributed by atoms with Gasteiger partial charge in [-0.1, -0.05) is 27.5 Å². The quantitative estimate of drug-likeness (QED) is 0.503. The van der Waals surface area contributed by atoms with Crippen molar-refractivity contribution >= 4 is 38.9 Å². The van der Waals surface area contributed by atoms with Crippen molar-refractivity contribution < 1.29 is 8.78 Å². The number of benzene rings is 1. The lowest BCUT2D eigenvalue weighted by molar-refractivity contribution is 0.507. The van der Waals surface area contributed by atoms with E-state index in [9.17, 15) is 8.78 Å². The molecular weight excluding hydrogens is 330 g/mol. The molecule has 5 heteroatoms. The maximum Gasteiger partial charge on any atom is 0.160 e. The fourth-order valence-corrected chi connectivity index (χ4v) is 3.89. The molecule has 0 saturated carbocycles. The fourth-order valence-electron chi connectivity index (χ4n) is 1.52. The van der Waals surface area contributed by atoms with E-state index in [0.717, 1.165) is 22.6 Å². The van der Waals surface area contributed by atoms with Gasteiger partial charge >= 0.3 is 0 Å². The Morgan fingerprint density at radius 2 is 1.94 bits per heavy atom. The van der Waals surface area contributed by atoms with E-state index in [-0.39, 0.29) is 9.85 Å². The summed E-state index contributed by atoms with van der Waals surface area (Å²) in [6.45, 7) is 1.97. The molecule has 0 radical (unpaired) electrons. The number of hydrogen-bond acceptors (Lipinski definition) is 1. The molecule has 90 valence electrons. The molecular formula is C12H8BrClF2S. The van der Waals surface area contributed by atoms with Crippen molar-refractivity contribution in [2.45, 2.75) is 11.8 Å². The Labute approximate surface area is 115 Å². The fraction of sp³-hybridized carbons (Fsp3) is 0.167. The second kappa shape index (κ2) is 5.04. The smallest absolute Gasteiger partial charge is 0.160 e. The molecule has 0 nitrogen and oxygen atoms in total. The Balaban J connectivity index is 2.48. The van der Waals surface area contributed by atoms with Crippen LogP contribution in [0.2, 0.25) is 5.02 Å². The van der Waals surface area contributed by atoms with Gasteiger partial charge in [-0.15, -0.1) is 11.3 Å². The highest BCUT2D eigenvalue weighted by Crippen LogP contribution is 2.39. The number of thiophene rings is 1. The molecule has 17 heavy (non-hydrogen) atoms. The van der Waals surface area contributed by atoms with Crippen molar-refractivity contribution in [1.29, 1.82) is 0 Å². The van der Waals surface area contributed by atoms with Gasteiger partial charge in [-0.3, -0.25) is 0 Å². The molecule has 0 saturated heterocycles. The molecule has 0 spiro atoms. The Hall–Kier alpha value is -0.450. The van der Waals surface area contributed by atoms with Crippen LogP contribution in [0.25, 0.3) is 0 Å². The molecule has 0 aliphatic carbocycles. The van der Waals surface area contributed by atoms with Gasteiger partial charge in [0.15, 0.2) is 11.6 Å². The van der Waals surface area contributed by atoms with Gasteiger partial charge in [0, 0.05) is 9.90 Å². The molecule has 2 aromatic rings. The van der Waals surface area contributed by atoms with Gasteiger partial charge in [0.1, 0.15) is 0 Å². The summed E-state index contributed by atoms with van der Waals surface area (Å²) in [6.07, 6.45) is 0. The average Bonchev–Trinajstić information content (AvgIpc) is 2.69. The summed E-state index contributed by atoms with van der Waals surface area (Å²) >= 11 is 11.0. The van der Waals surface area contributed by atoms with Crippen molar-refractivity contribution in [2.24, 2.45) is 0 Å². The van der Waals surface area contributed by atoms with Gasteiger partial charge in [0.25, 0.3) is 0 Å². The topological polar surface area (TPSA) is 0 Å². The first-order valence-corrected chi connectivity index (χ1v) is 7.00. The third-order valence-corrected chi connectivity index (χ3v) is 5.11. The summed E-state index contributed by atoms with van der Waals surface area (Å²) in [5.41, 5.74) is 1.63. The Bertz CT molecular complexity index is 553. The minimum Gasteiger partial charge on any atom is -0.204 e. The Kier molecular flexibility index (Phi) is 3.85. The zero-order valence-electron chi connectivity index (χ0n) is 8.81. The number of aryl methyl sites for hydroxylation is 1. The van der Waals surface area contributed by atoms with E-state index in [1.54, 1.807) is 11.3 Å². The van der Waals surface area contributed by atoms with Crippen LogP contribution in [0, 0.1) is 18.6 Å². The summed E-state index contributed by atoms with van der Waals surface area (Å²) in [6, 6.07) is 4.11. The average molecular weight is 338 g/mol. The van der Waals surface area contributed by atoms with Crippen molar-refractivity contribution in [2.75, 3.05) is 0 Å². The highest BCUT2D eigenvalue weighted by atomic mass is 79.9. The Morgan fingerprint density at radius 3 is 2.53 bits per heavy atom. The molecule has 1 unspecified atom stereocenters. The second-order valence-electron chi connectivity index (χ2n) is 3.62. The van der Waals surface area contributed by atoms with Gasteiger partial charge in [-0.05, 0) is 41.6 Å². The Morgan fingerprint density at radius 1 is 1.29 bits per heavy atom. The van der Waals surface area contributed by atoms with E-state index in [1.807, 2.05) is 18.4 Å². The molecule has 1 aromatic heterocycles. The van der Waals surface area contributed by atoms with Gasteiger partial charge in [0.05, 0.1) is 4.83 Å². The van der Waals surface area contributed by atoms with Crippen LogP contribution in [-0.4, -0.2) is 0 Å². The molecule has 0 aliphatic heterocycles. The summed E-state index contributed by atoms with van der Waals surface area (Å²) in [7, 11) is 0. The molecule has 0 aliphatic rings. The lowest BCUT2D eigenvalue weighted by Crippen LogP contribution is -1.96. The second-order valence-corrected chi connectivity index (χ2v) is 5.89. The van der Waals surface area contributed by atoms with E-state index in [1.165, 1.54) is 0 Å². The number of halogens is 4. The molecule has 1 heterocycles. The highest BCUT2D eigenvalue weighted by molar-refractivity contribution is 9.09. The SMILES string of the molecule is Cc1ccsc1C(Br)c1cc(F)c(F)cc1Cl. The van der Waals surface area contributed by atoms with Gasteiger partial charge in [-0.25, -0.2) is 8.78 Å².